The molecule has 4 atom stereocenters. The average Bonchev–Trinajstić information content (AvgIpc) is 2.85. The van der Waals surface area contributed by atoms with Crippen LogP contribution in [0.2, 0.25) is 0 Å². The quantitative estimate of drug-likeness (QED) is 0.593. The molecule has 0 N–H and O–H groups in total. The van der Waals surface area contributed by atoms with Gasteiger partial charge in [0, 0.05) is 11.3 Å². The first kappa shape index (κ1) is 10.5. The van der Waals surface area contributed by atoms with Gasteiger partial charge in [-0.15, -0.1) is 0 Å². The zero-order valence-electron chi connectivity index (χ0n) is 8.28. The van der Waals surface area contributed by atoms with Crippen molar-refractivity contribution in [2.45, 2.75) is 30.6 Å². The number of ketones is 1. The van der Waals surface area contributed by atoms with Crippen LogP contribution in [-0.4, -0.2) is 23.1 Å². The number of alkyl halides is 2. The van der Waals surface area contributed by atoms with Crippen molar-refractivity contribution in [1.29, 1.82) is 0 Å². The first-order chi connectivity index (χ1) is 7.37. The Kier molecular flexibility index (Phi) is 1.82. The van der Waals surface area contributed by atoms with Crippen LogP contribution in [0.15, 0.2) is 0 Å². The van der Waals surface area contributed by atoms with Gasteiger partial charge in [0.1, 0.15) is 0 Å². The van der Waals surface area contributed by atoms with Gasteiger partial charge in [-0.3, -0.25) is 4.79 Å². The highest BCUT2D eigenvalue weighted by Gasteiger charge is 2.78. The van der Waals surface area contributed by atoms with Crippen LogP contribution in [0, 0.1) is 17.3 Å². The number of thiol groups is 1. The van der Waals surface area contributed by atoms with Crippen molar-refractivity contribution < 1.29 is 23.1 Å². The molecule has 88 valence electrons. The van der Waals surface area contributed by atoms with E-state index in [1.165, 1.54) is 0 Å². The highest BCUT2D eigenvalue weighted by molar-refractivity contribution is 7.82. The molecule has 3 fully saturated rings. The van der Waals surface area contributed by atoms with E-state index in [-0.39, 0.29) is 17.1 Å². The fourth-order valence-corrected chi connectivity index (χ4v) is 3.43. The average molecular weight is 248 g/mol. The van der Waals surface area contributed by atoms with Crippen LogP contribution in [-0.2, 0) is 14.3 Å². The SMILES string of the molecule is O=C(OC1C(=O)C23CC2CCC13)C(F)(F)S. The molecular formula is C10H10F2O3S. The lowest BCUT2D eigenvalue weighted by Crippen LogP contribution is -2.55. The number of carbonyl (C=O) groups is 2. The summed E-state index contributed by atoms with van der Waals surface area (Å²) in [5, 5.41) is -3.81. The molecule has 3 aliphatic rings. The summed E-state index contributed by atoms with van der Waals surface area (Å²) < 4.78 is 29.5. The van der Waals surface area contributed by atoms with Gasteiger partial charge in [-0.25, -0.2) is 4.79 Å². The van der Waals surface area contributed by atoms with E-state index in [1.807, 2.05) is 0 Å². The third-order valence-corrected chi connectivity index (χ3v) is 4.39. The second-order valence-corrected chi connectivity index (χ2v) is 5.42. The van der Waals surface area contributed by atoms with Gasteiger partial charge in [-0.1, -0.05) is 12.6 Å². The zero-order chi connectivity index (χ0) is 11.7. The van der Waals surface area contributed by atoms with Crippen LogP contribution in [0.4, 0.5) is 8.78 Å². The Hall–Kier alpha value is -0.650. The van der Waals surface area contributed by atoms with Gasteiger partial charge < -0.3 is 4.74 Å². The van der Waals surface area contributed by atoms with Crippen LogP contribution in [0.3, 0.4) is 0 Å². The molecule has 6 heteroatoms. The van der Waals surface area contributed by atoms with Crippen molar-refractivity contribution in [3.05, 3.63) is 0 Å². The lowest BCUT2D eigenvalue weighted by molar-refractivity contribution is -0.185. The van der Waals surface area contributed by atoms with Crippen molar-refractivity contribution in [2.75, 3.05) is 0 Å². The van der Waals surface area contributed by atoms with Crippen molar-refractivity contribution in [3.63, 3.8) is 0 Å². The van der Waals surface area contributed by atoms with Gasteiger partial charge in [0.15, 0.2) is 11.9 Å². The summed E-state index contributed by atoms with van der Waals surface area (Å²) in [6.07, 6.45) is 1.65. The summed E-state index contributed by atoms with van der Waals surface area (Å²) in [4.78, 5) is 22.6. The lowest BCUT2D eigenvalue weighted by atomic mass is 9.67. The molecule has 4 unspecified atom stereocenters. The third kappa shape index (κ3) is 1.08. The summed E-state index contributed by atoms with van der Waals surface area (Å²) >= 11 is 2.83. The number of ether oxygens (including phenoxy) is 1. The lowest BCUT2D eigenvalue weighted by Gasteiger charge is -2.40. The van der Waals surface area contributed by atoms with E-state index in [0.29, 0.717) is 5.92 Å². The summed E-state index contributed by atoms with van der Waals surface area (Å²) in [5.41, 5.74) is -0.295. The number of Topliss-reactive ketones (excluding diaryl/α,β-unsaturated/α-hetero) is 1. The minimum Gasteiger partial charge on any atom is -0.449 e. The van der Waals surface area contributed by atoms with E-state index in [4.69, 9.17) is 0 Å². The first-order valence-electron chi connectivity index (χ1n) is 5.23. The Morgan fingerprint density at radius 2 is 2.19 bits per heavy atom. The molecule has 1 spiro atoms. The molecule has 3 aliphatic carbocycles. The number of hydrogen-bond donors (Lipinski definition) is 1. The monoisotopic (exact) mass is 248 g/mol. The van der Waals surface area contributed by atoms with Gasteiger partial charge in [0.2, 0.25) is 0 Å². The van der Waals surface area contributed by atoms with E-state index < -0.39 is 17.3 Å². The highest BCUT2D eigenvalue weighted by Crippen LogP contribution is 2.74. The fourth-order valence-electron chi connectivity index (χ4n) is 3.38. The fraction of sp³-hybridized carbons (Fsp3) is 0.800. The maximum absolute atomic E-state index is 12.5. The van der Waals surface area contributed by atoms with Crippen LogP contribution < -0.4 is 0 Å². The molecule has 0 aromatic heterocycles. The van der Waals surface area contributed by atoms with Gasteiger partial charge in [0.25, 0.3) is 0 Å². The second kappa shape index (κ2) is 2.78. The molecule has 0 amide bonds. The topological polar surface area (TPSA) is 43.4 Å². The predicted molar refractivity (Wildman–Crippen MR) is 52.1 cm³/mol. The maximum atomic E-state index is 12.5. The molecule has 0 saturated heterocycles. The predicted octanol–water partition coefficient (Wildman–Crippen LogP) is 1.42. The number of esters is 1. The summed E-state index contributed by atoms with van der Waals surface area (Å²) in [6, 6.07) is 0. The Bertz CT molecular complexity index is 392. The molecular weight excluding hydrogens is 238 g/mol. The highest BCUT2D eigenvalue weighted by atomic mass is 32.1. The number of halogens is 2. The Morgan fingerprint density at radius 3 is 2.75 bits per heavy atom. The molecule has 0 aromatic rings. The van der Waals surface area contributed by atoms with Gasteiger partial charge in [-0.2, -0.15) is 8.78 Å². The molecule has 0 aliphatic heterocycles. The van der Waals surface area contributed by atoms with E-state index in [9.17, 15) is 18.4 Å². The molecule has 3 rings (SSSR count). The minimum atomic E-state index is -3.81. The largest absolute Gasteiger partial charge is 0.449 e. The molecule has 0 radical (unpaired) electrons. The van der Waals surface area contributed by atoms with Crippen LogP contribution in [0.25, 0.3) is 0 Å². The number of carbonyl (C=O) groups excluding carboxylic acids is 2. The second-order valence-electron chi connectivity index (χ2n) is 4.86. The minimum absolute atomic E-state index is 0.0235. The number of hydrogen-bond acceptors (Lipinski definition) is 4. The van der Waals surface area contributed by atoms with Crippen molar-refractivity contribution in [3.8, 4) is 0 Å². The van der Waals surface area contributed by atoms with Crippen LogP contribution in [0.5, 0.6) is 0 Å². The summed E-state index contributed by atoms with van der Waals surface area (Å²) in [6.45, 7) is 0. The molecule has 0 heterocycles. The van der Waals surface area contributed by atoms with Gasteiger partial charge in [-0.05, 0) is 25.2 Å². The van der Waals surface area contributed by atoms with E-state index in [0.717, 1.165) is 19.3 Å². The zero-order valence-corrected chi connectivity index (χ0v) is 9.18. The molecule has 0 bridgehead atoms. The van der Waals surface area contributed by atoms with Gasteiger partial charge in [0.05, 0.1) is 0 Å². The van der Waals surface area contributed by atoms with E-state index in [2.05, 4.69) is 17.4 Å². The van der Waals surface area contributed by atoms with E-state index in [1.54, 1.807) is 0 Å². The molecule has 3 saturated carbocycles. The van der Waals surface area contributed by atoms with Crippen molar-refractivity contribution >= 4 is 24.4 Å². The van der Waals surface area contributed by atoms with Gasteiger partial charge >= 0.3 is 11.2 Å². The van der Waals surface area contributed by atoms with E-state index >= 15 is 0 Å². The van der Waals surface area contributed by atoms with Crippen LogP contribution >= 0.6 is 12.6 Å². The first-order valence-corrected chi connectivity index (χ1v) is 5.67. The third-order valence-electron chi connectivity index (χ3n) is 4.20. The van der Waals surface area contributed by atoms with Crippen LogP contribution in [0.1, 0.15) is 19.3 Å². The smallest absolute Gasteiger partial charge is 0.388 e. The summed E-state index contributed by atoms with van der Waals surface area (Å²) in [5.74, 6) is -1.49. The molecule has 0 aromatic carbocycles. The Balaban J connectivity index is 1.70. The maximum Gasteiger partial charge on any atom is 0.388 e. The molecule has 3 nitrogen and oxygen atoms in total. The Labute approximate surface area is 95.9 Å². The summed E-state index contributed by atoms with van der Waals surface area (Å²) in [7, 11) is 0. The molecule has 16 heavy (non-hydrogen) atoms. The van der Waals surface area contributed by atoms with Crippen molar-refractivity contribution in [2.24, 2.45) is 17.3 Å². The Morgan fingerprint density at radius 1 is 1.50 bits per heavy atom. The van der Waals surface area contributed by atoms with Crippen molar-refractivity contribution in [1.82, 2.24) is 0 Å². The normalized spacial score (nSPS) is 44.4. The number of rotatable bonds is 2. The standard InChI is InChI=1S/C10H10F2O3S/c11-10(12,16)8(14)15-6-5-2-1-4-3-9(4,5)7(6)13/h4-6,16H,1-3H2.